The van der Waals surface area contributed by atoms with Crippen molar-refractivity contribution in [1.29, 1.82) is 0 Å². The third-order valence-corrected chi connectivity index (χ3v) is 6.29. The standard InChI is InChI=1S/C17H24N4O3S2/c1-5-21-11-10-18-17(21)25-13(4)16(22)19-14-6-8-15(9-7-14)26(23,24)20-12(2)3/h6-13,20H,5H2,1-4H3,(H,19,22). The van der Waals surface area contributed by atoms with Gasteiger partial charge in [-0.15, -0.1) is 0 Å². The van der Waals surface area contributed by atoms with Gasteiger partial charge in [-0.05, 0) is 52.0 Å². The number of amides is 1. The molecular weight excluding hydrogens is 372 g/mol. The van der Waals surface area contributed by atoms with Crippen LogP contribution < -0.4 is 10.0 Å². The minimum Gasteiger partial charge on any atom is -0.326 e. The van der Waals surface area contributed by atoms with Crippen molar-refractivity contribution in [2.45, 2.75) is 55.6 Å². The fourth-order valence-corrected chi connectivity index (χ4v) is 4.39. The molecule has 1 unspecified atom stereocenters. The Morgan fingerprint density at radius 3 is 2.46 bits per heavy atom. The molecular formula is C17H24N4O3S2. The Labute approximate surface area is 158 Å². The van der Waals surface area contributed by atoms with E-state index in [4.69, 9.17) is 0 Å². The number of anilines is 1. The van der Waals surface area contributed by atoms with Crippen LogP contribution in [0.15, 0.2) is 46.7 Å². The van der Waals surface area contributed by atoms with Crippen molar-refractivity contribution in [2.24, 2.45) is 0 Å². The second kappa shape index (κ2) is 8.70. The Hall–Kier alpha value is -1.84. The molecule has 2 aromatic rings. The van der Waals surface area contributed by atoms with Crippen LogP contribution in [0.1, 0.15) is 27.7 Å². The maximum atomic E-state index is 12.4. The number of rotatable bonds is 8. The van der Waals surface area contributed by atoms with Gasteiger partial charge in [0.1, 0.15) is 0 Å². The molecule has 2 rings (SSSR count). The van der Waals surface area contributed by atoms with E-state index in [1.807, 2.05) is 17.7 Å². The fraction of sp³-hybridized carbons (Fsp3) is 0.412. The topological polar surface area (TPSA) is 93.1 Å². The van der Waals surface area contributed by atoms with Crippen LogP contribution in [0.5, 0.6) is 0 Å². The molecule has 0 saturated heterocycles. The number of hydrogen-bond acceptors (Lipinski definition) is 5. The Bertz CT molecular complexity index is 845. The molecule has 0 aliphatic heterocycles. The minimum absolute atomic E-state index is 0.164. The number of thioether (sulfide) groups is 1. The highest BCUT2D eigenvalue weighted by Gasteiger charge is 2.18. The summed E-state index contributed by atoms with van der Waals surface area (Å²) in [7, 11) is -3.54. The van der Waals surface area contributed by atoms with Crippen molar-refractivity contribution in [1.82, 2.24) is 14.3 Å². The van der Waals surface area contributed by atoms with Crippen molar-refractivity contribution < 1.29 is 13.2 Å². The second-order valence-electron chi connectivity index (χ2n) is 6.05. The van der Waals surface area contributed by atoms with E-state index < -0.39 is 10.0 Å². The van der Waals surface area contributed by atoms with Crippen molar-refractivity contribution in [3.8, 4) is 0 Å². The monoisotopic (exact) mass is 396 g/mol. The van der Waals surface area contributed by atoms with Crippen molar-refractivity contribution >= 4 is 33.4 Å². The fourth-order valence-electron chi connectivity index (χ4n) is 2.21. The van der Waals surface area contributed by atoms with E-state index in [9.17, 15) is 13.2 Å². The van der Waals surface area contributed by atoms with Gasteiger partial charge >= 0.3 is 0 Å². The summed E-state index contributed by atoms with van der Waals surface area (Å²) in [6.07, 6.45) is 3.58. The number of sulfonamides is 1. The second-order valence-corrected chi connectivity index (χ2v) is 9.07. The highest BCUT2D eigenvalue weighted by molar-refractivity contribution is 8.00. The van der Waals surface area contributed by atoms with E-state index in [2.05, 4.69) is 15.0 Å². The first-order valence-corrected chi connectivity index (χ1v) is 10.7. The molecule has 0 fully saturated rings. The summed E-state index contributed by atoms with van der Waals surface area (Å²) >= 11 is 1.38. The quantitative estimate of drug-likeness (QED) is 0.669. The van der Waals surface area contributed by atoms with Crippen molar-refractivity contribution in [3.05, 3.63) is 36.7 Å². The SMILES string of the molecule is CCn1ccnc1SC(C)C(=O)Nc1ccc(S(=O)(=O)NC(C)C)cc1. The van der Waals surface area contributed by atoms with Gasteiger partial charge in [-0.25, -0.2) is 18.1 Å². The summed E-state index contributed by atoms with van der Waals surface area (Å²) < 4.78 is 28.7. The molecule has 1 aromatic carbocycles. The lowest BCUT2D eigenvalue weighted by Gasteiger charge is -2.13. The summed E-state index contributed by atoms with van der Waals surface area (Å²) in [5.74, 6) is -0.170. The van der Waals surface area contributed by atoms with Gasteiger partial charge in [0, 0.05) is 30.7 Å². The maximum Gasteiger partial charge on any atom is 0.240 e. The van der Waals surface area contributed by atoms with Crippen LogP contribution in [0.3, 0.4) is 0 Å². The molecule has 7 nitrogen and oxygen atoms in total. The molecule has 0 aliphatic rings. The number of benzene rings is 1. The van der Waals surface area contributed by atoms with Crippen LogP contribution in [-0.2, 0) is 21.4 Å². The van der Waals surface area contributed by atoms with Gasteiger partial charge in [-0.3, -0.25) is 4.79 Å². The molecule has 26 heavy (non-hydrogen) atoms. The van der Waals surface area contributed by atoms with Crippen LogP contribution in [-0.4, -0.2) is 35.2 Å². The van der Waals surface area contributed by atoms with E-state index in [1.165, 1.54) is 23.9 Å². The Balaban J connectivity index is 2.01. The molecule has 1 aromatic heterocycles. The smallest absolute Gasteiger partial charge is 0.240 e. The first-order chi connectivity index (χ1) is 12.2. The normalized spacial score (nSPS) is 13.0. The lowest BCUT2D eigenvalue weighted by atomic mass is 10.3. The minimum atomic E-state index is -3.54. The Morgan fingerprint density at radius 2 is 1.88 bits per heavy atom. The summed E-state index contributed by atoms with van der Waals surface area (Å²) in [5.41, 5.74) is 0.546. The molecule has 1 amide bonds. The molecule has 0 aliphatic carbocycles. The summed E-state index contributed by atoms with van der Waals surface area (Å²) in [6, 6.07) is 5.92. The van der Waals surface area contributed by atoms with E-state index in [0.717, 1.165) is 11.7 Å². The number of nitrogens with one attached hydrogen (secondary N) is 2. The van der Waals surface area contributed by atoms with Crippen LogP contribution >= 0.6 is 11.8 Å². The summed E-state index contributed by atoms with van der Waals surface area (Å²) in [5, 5.41) is 3.25. The lowest BCUT2D eigenvalue weighted by Crippen LogP contribution is -2.30. The average molecular weight is 397 g/mol. The number of aryl methyl sites for hydroxylation is 1. The average Bonchev–Trinajstić information content (AvgIpc) is 3.01. The van der Waals surface area contributed by atoms with E-state index in [-0.39, 0.29) is 22.1 Å². The third kappa shape index (κ3) is 5.33. The zero-order valence-electron chi connectivity index (χ0n) is 15.3. The number of hydrogen-bond donors (Lipinski definition) is 2. The zero-order valence-corrected chi connectivity index (χ0v) is 16.9. The molecule has 0 saturated carbocycles. The highest BCUT2D eigenvalue weighted by atomic mass is 32.2. The van der Waals surface area contributed by atoms with Crippen molar-refractivity contribution in [3.63, 3.8) is 0 Å². The molecule has 9 heteroatoms. The summed E-state index contributed by atoms with van der Waals surface area (Å²) in [4.78, 5) is 16.8. The van der Waals surface area contributed by atoms with Gasteiger partial charge in [0.05, 0.1) is 10.1 Å². The molecule has 0 radical (unpaired) electrons. The number of carbonyl (C=O) groups is 1. The Morgan fingerprint density at radius 1 is 1.23 bits per heavy atom. The third-order valence-electron chi connectivity index (χ3n) is 3.49. The molecule has 2 N–H and O–H groups in total. The van der Waals surface area contributed by atoms with E-state index in [0.29, 0.717) is 5.69 Å². The van der Waals surface area contributed by atoms with Crippen LogP contribution in [0.4, 0.5) is 5.69 Å². The zero-order chi connectivity index (χ0) is 19.3. The van der Waals surface area contributed by atoms with Gasteiger partial charge in [0.25, 0.3) is 0 Å². The maximum absolute atomic E-state index is 12.4. The lowest BCUT2D eigenvalue weighted by molar-refractivity contribution is -0.115. The Kier molecular flexibility index (Phi) is 6.85. The van der Waals surface area contributed by atoms with E-state index >= 15 is 0 Å². The molecule has 0 spiro atoms. The first kappa shape index (κ1) is 20.5. The van der Waals surface area contributed by atoms with Gasteiger partial charge in [0.15, 0.2) is 5.16 Å². The highest BCUT2D eigenvalue weighted by Crippen LogP contribution is 2.23. The number of nitrogens with zero attached hydrogens (tertiary/aromatic N) is 2. The largest absolute Gasteiger partial charge is 0.326 e. The molecule has 142 valence electrons. The van der Waals surface area contributed by atoms with Gasteiger partial charge in [0.2, 0.25) is 15.9 Å². The number of aromatic nitrogens is 2. The van der Waals surface area contributed by atoms with Gasteiger partial charge in [-0.1, -0.05) is 11.8 Å². The molecule has 1 atom stereocenters. The first-order valence-electron chi connectivity index (χ1n) is 8.34. The number of carbonyl (C=O) groups excluding carboxylic acids is 1. The van der Waals surface area contributed by atoms with Crippen LogP contribution in [0.2, 0.25) is 0 Å². The molecule has 1 heterocycles. The number of imidazole rings is 1. The van der Waals surface area contributed by atoms with Gasteiger partial charge < -0.3 is 9.88 Å². The van der Waals surface area contributed by atoms with Crippen molar-refractivity contribution in [2.75, 3.05) is 5.32 Å². The van der Waals surface area contributed by atoms with Crippen LogP contribution in [0, 0.1) is 0 Å². The predicted molar refractivity (Wildman–Crippen MR) is 104 cm³/mol. The van der Waals surface area contributed by atoms with E-state index in [1.54, 1.807) is 39.1 Å². The molecule has 0 bridgehead atoms. The predicted octanol–water partition coefficient (Wildman–Crippen LogP) is 2.71. The summed E-state index contributed by atoms with van der Waals surface area (Å²) in [6.45, 7) is 8.13. The van der Waals surface area contributed by atoms with Gasteiger partial charge in [-0.2, -0.15) is 0 Å². The van der Waals surface area contributed by atoms with Crippen LogP contribution in [0.25, 0.3) is 0 Å².